The van der Waals surface area contributed by atoms with Crippen molar-refractivity contribution in [3.63, 3.8) is 0 Å². The molecule has 0 saturated carbocycles. The lowest BCUT2D eigenvalue weighted by molar-refractivity contribution is 0.0730. The molecule has 0 spiro atoms. The molecule has 0 saturated heterocycles. The summed E-state index contributed by atoms with van der Waals surface area (Å²) in [5.74, 6) is 0.699. The van der Waals surface area contributed by atoms with Crippen molar-refractivity contribution in [2.45, 2.75) is 19.2 Å². The van der Waals surface area contributed by atoms with Crippen LogP contribution in [-0.4, -0.2) is 31.1 Å². The zero-order valence-electron chi connectivity index (χ0n) is 19.9. The monoisotopic (exact) mass is 488 g/mol. The number of benzene rings is 3. The number of H-pyrrole nitrogens is 1. The van der Waals surface area contributed by atoms with Crippen molar-refractivity contribution in [3.05, 3.63) is 131 Å². The Morgan fingerprint density at radius 3 is 2.41 bits per heavy atom. The number of aromatic nitrogens is 3. The summed E-state index contributed by atoms with van der Waals surface area (Å²) >= 11 is 0. The van der Waals surface area contributed by atoms with Crippen LogP contribution in [0.15, 0.2) is 103 Å². The molecule has 0 fully saturated rings. The molecular weight excluding hydrogens is 464 g/mol. The molecule has 0 radical (unpaired) electrons. The number of aromatic hydroxyl groups is 1. The van der Waals surface area contributed by atoms with E-state index in [1.54, 1.807) is 30.6 Å². The normalized spacial score (nSPS) is 14.5. The van der Waals surface area contributed by atoms with Crippen LogP contribution in [0.4, 0.5) is 0 Å². The lowest BCUT2D eigenvalue weighted by Crippen LogP contribution is -2.29. The van der Waals surface area contributed by atoms with Gasteiger partial charge in [0.1, 0.15) is 29.5 Å². The van der Waals surface area contributed by atoms with Crippen LogP contribution in [-0.2, 0) is 13.2 Å². The van der Waals surface area contributed by atoms with Gasteiger partial charge in [0.15, 0.2) is 0 Å². The molecule has 7 heteroatoms. The largest absolute Gasteiger partial charge is 0.507 e. The molecule has 3 heterocycles. The molecule has 3 aromatic carbocycles. The number of nitrogens with zero attached hydrogens (tertiary/aromatic N) is 3. The van der Waals surface area contributed by atoms with E-state index in [-0.39, 0.29) is 11.7 Å². The molecule has 1 atom stereocenters. The van der Waals surface area contributed by atoms with Gasteiger partial charge >= 0.3 is 0 Å². The minimum atomic E-state index is -0.403. The fourth-order valence-electron chi connectivity index (χ4n) is 4.76. The standard InChI is InChI=1S/C30H24N4O3/c35-25-11-5-4-10-24(25)27-26-28(33-32-27)30(36)34(18-21-9-6-16-31-17-21)29(26)22-12-14-23(15-13-22)37-19-20-7-2-1-3-8-20/h1-17,29,35H,18-19H2,(H,32,33)/t29-/m0/s1. The minimum Gasteiger partial charge on any atom is -0.507 e. The highest BCUT2D eigenvalue weighted by Crippen LogP contribution is 2.45. The number of hydrogen-bond donors (Lipinski definition) is 2. The van der Waals surface area contributed by atoms with E-state index in [2.05, 4.69) is 15.2 Å². The molecule has 0 unspecified atom stereocenters. The Balaban J connectivity index is 1.37. The summed E-state index contributed by atoms with van der Waals surface area (Å²) in [4.78, 5) is 19.6. The minimum absolute atomic E-state index is 0.110. The average Bonchev–Trinajstić information content (AvgIpc) is 3.48. The smallest absolute Gasteiger partial charge is 0.273 e. The van der Waals surface area contributed by atoms with Crippen molar-refractivity contribution in [3.8, 4) is 22.8 Å². The van der Waals surface area contributed by atoms with E-state index in [1.807, 2.05) is 77.7 Å². The third-order valence-corrected chi connectivity index (χ3v) is 6.54. The molecular formula is C30H24N4O3. The number of pyridine rings is 1. The van der Waals surface area contributed by atoms with E-state index < -0.39 is 6.04 Å². The van der Waals surface area contributed by atoms with E-state index in [1.165, 1.54) is 0 Å². The fraction of sp³-hybridized carbons (Fsp3) is 0.100. The second-order valence-corrected chi connectivity index (χ2v) is 8.92. The van der Waals surface area contributed by atoms with Crippen molar-refractivity contribution in [1.29, 1.82) is 0 Å². The molecule has 37 heavy (non-hydrogen) atoms. The van der Waals surface area contributed by atoms with Crippen LogP contribution in [0.25, 0.3) is 11.3 Å². The summed E-state index contributed by atoms with van der Waals surface area (Å²) < 4.78 is 5.98. The van der Waals surface area contributed by atoms with Crippen LogP contribution < -0.4 is 4.74 Å². The van der Waals surface area contributed by atoms with Crippen LogP contribution in [0.5, 0.6) is 11.5 Å². The lowest BCUT2D eigenvalue weighted by atomic mass is 9.95. The van der Waals surface area contributed by atoms with Gasteiger partial charge in [-0.2, -0.15) is 5.10 Å². The van der Waals surface area contributed by atoms with Gasteiger partial charge in [-0.3, -0.25) is 14.9 Å². The highest BCUT2D eigenvalue weighted by atomic mass is 16.5. The van der Waals surface area contributed by atoms with Gasteiger partial charge in [-0.15, -0.1) is 0 Å². The number of amides is 1. The summed E-state index contributed by atoms with van der Waals surface area (Å²) in [6, 6.07) is 28.2. The summed E-state index contributed by atoms with van der Waals surface area (Å²) in [7, 11) is 0. The Morgan fingerprint density at radius 2 is 1.65 bits per heavy atom. The Kier molecular flexibility index (Phi) is 5.86. The predicted molar refractivity (Wildman–Crippen MR) is 139 cm³/mol. The Hall–Kier alpha value is -4.91. The number of rotatable bonds is 7. The second-order valence-electron chi connectivity index (χ2n) is 8.92. The molecule has 1 aliphatic rings. The Labute approximate surface area is 214 Å². The third-order valence-electron chi connectivity index (χ3n) is 6.54. The van der Waals surface area contributed by atoms with E-state index in [9.17, 15) is 9.90 Å². The number of phenolic OH excluding ortho intramolecular Hbond substituents is 1. The number of phenols is 1. The van der Waals surface area contributed by atoms with Gasteiger partial charge in [0.25, 0.3) is 5.91 Å². The van der Waals surface area contributed by atoms with Gasteiger partial charge in [-0.25, -0.2) is 0 Å². The van der Waals surface area contributed by atoms with E-state index in [4.69, 9.17) is 4.74 Å². The summed E-state index contributed by atoms with van der Waals surface area (Å²) in [5, 5.41) is 17.9. The number of hydrogen-bond acceptors (Lipinski definition) is 5. The summed E-state index contributed by atoms with van der Waals surface area (Å²) in [6.07, 6.45) is 3.48. The number of fused-ring (bicyclic) bond motifs is 1. The number of carbonyl (C=O) groups is 1. The summed E-state index contributed by atoms with van der Waals surface area (Å²) in [5.41, 5.74) is 5.23. The van der Waals surface area contributed by atoms with Crippen molar-refractivity contribution in [1.82, 2.24) is 20.1 Å². The SMILES string of the molecule is O=C1c2[nH]nc(-c3ccccc3O)c2[C@H](c2ccc(OCc3ccccc3)cc2)N1Cc1cccnc1. The highest BCUT2D eigenvalue weighted by molar-refractivity contribution is 6.00. The molecule has 1 amide bonds. The van der Waals surface area contributed by atoms with E-state index in [0.29, 0.717) is 30.1 Å². The first-order valence-corrected chi connectivity index (χ1v) is 12.0. The molecule has 0 aliphatic carbocycles. The van der Waals surface area contributed by atoms with Gasteiger partial charge in [0, 0.05) is 30.1 Å². The lowest BCUT2D eigenvalue weighted by Gasteiger charge is -2.26. The molecule has 2 N–H and O–H groups in total. The number of para-hydroxylation sites is 1. The van der Waals surface area contributed by atoms with Crippen LogP contribution in [0.1, 0.15) is 38.8 Å². The first-order valence-electron chi connectivity index (χ1n) is 12.0. The maximum atomic E-state index is 13.6. The fourth-order valence-corrected chi connectivity index (χ4v) is 4.76. The van der Waals surface area contributed by atoms with Crippen LogP contribution in [0.2, 0.25) is 0 Å². The Morgan fingerprint density at radius 1 is 0.892 bits per heavy atom. The van der Waals surface area contributed by atoms with E-state index >= 15 is 0 Å². The van der Waals surface area contributed by atoms with Crippen molar-refractivity contribution < 1.29 is 14.6 Å². The predicted octanol–water partition coefficient (Wildman–Crippen LogP) is 5.50. The molecule has 7 nitrogen and oxygen atoms in total. The van der Waals surface area contributed by atoms with Crippen LogP contribution >= 0.6 is 0 Å². The van der Waals surface area contributed by atoms with Gasteiger partial charge in [0.2, 0.25) is 0 Å². The number of nitrogens with one attached hydrogen (secondary N) is 1. The van der Waals surface area contributed by atoms with Crippen molar-refractivity contribution in [2.75, 3.05) is 0 Å². The average molecular weight is 489 g/mol. The molecule has 6 rings (SSSR count). The quantitative estimate of drug-likeness (QED) is 0.316. The molecule has 2 aromatic heterocycles. The van der Waals surface area contributed by atoms with Crippen LogP contribution in [0, 0.1) is 0 Å². The number of carbonyl (C=O) groups excluding carboxylic acids is 1. The van der Waals surface area contributed by atoms with Gasteiger partial charge in [-0.1, -0.05) is 60.7 Å². The zero-order chi connectivity index (χ0) is 25.2. The molecule has 5 aromatic rings. The first-order chi connectivity index (χ1) is 18.2. The topological polar surface area (TPSA) is 91.3 Å². The molecule has 1 aliphatic heterocycles. The highest BCUT2D eigenvalue weighted by Gasteiger charge is 2.42. The number of aromatic amines is 1. The van der Waals surface area contributed by atoms with Gasteiger partial charge in [0.05, 0.1) is 6.04 Å². The maximum absolute atomic E-state index is 13.6. The van der Waals surface area contributed by atoms with Gasteiger partial charge < -0.3 is 14.7 Å². The van der Waals surface area contributed by atoms with E-state index in [0.717, 1.165) is 28.0 Å². The number of ether oxygens (including phenoxy) is 1. The van der Waals surface area contributed by atoms with Crippen LogP contribution in [0.3, 0.4) is 0 Å². The maximum Gasteiger partial charge on any atom is 0.273 e. The molecule has 182 valence electrons. The second kappa shape index (κ2) is 9.62. The summed E-state index contributed by atoms with van der Waals surface area (Å²) in [6.45, 7) is 0.852. The first kappa shape index (κ1) is 22.5. The van der Waals surface area contributed by atoms with Gasteiger partial charge in [-0.05, 0) is 47.0 Å². The molecule has 0 bridgehead atoms. The van der Waals surface area contributed by atoms with Crippen molar-refractivity contribution >= 4 is 5.91 Å². The Bertz CT molecular complexity index is 1530. The zero-order valence-corrected chi connectivity index (χ0v) is 19.9. The third kappa shape index (κ3) is 4.31. The van der Waals surface area contributed by atoms with Crippen molar-refractivity contribution in [2.24, 2.45) is 0 Å².